The zero-order valence-corrected chi connectivity index (χ0v) is 12.6. The molecule has 3 N–H and O–H groups in total. The second-order valence-corrected chi connectivity index (χ2v) is 6.02. The molecule has 2 heterocycles. The van der Waals surface area contributed by atoms with Crippen LogP contribution in [0, 0.1) is 6.92 Å². The molecule has 0 aromatic carbocycles. The number of aromatic amines is 1. The number of H-pyrrole nitrogens is 1. The second kappa shape index (κ2) is 5.04. The summed E-state index contributed by atoms with van der Waals surface area (Å²) in [5, 5.41) is 12.9. The molecule has 2 aromatic rings. The van der Waals surface area contributed by atoms with Crippen molar-refractivity contribution in [3.8, 4) is 0 Å². The van der Waals surface area contributed by atoms with E-state index in [2.05, 4.69) is 32.7 Å². The van der Waals surface area contributed by atoms with E-state index in [1.807, 2.05) is 13.0 Å². The number of rotatable bonds is 3. The molecule has 0 unspecified atom stereocenters. The Morgan fingerprint density at radius 3 is 2.86 bits per heavy atom. The molecule has 0 bridgehead atoms. The van der Waals surface area contributed by atoms with Gasteiger partial charge in [-0.3, -0.25) is 10.4 Å². The van der Waals surface area contributed by atoms with Crippen molar-refractivity contribution in [2.24, 2.45) is 0 Å². The highest BCUT2D eigenvalue weighted by molar-refractivity contribution is 6.29. The van der Waals surface area contributed by atoms with Gasteiger partial charge in [-0.15, -0.1) is 0 Å². The second-order valence-electron chi connectivity index (χ2n) is 5.63. The van der Waals surface area contributed by atoms with Gasteiger partial charge in [-0.05, 0) is 31.4 Å². The first-order chi connectivity index (χ1) is 9.96. The number of urea groups is 1. The number of amides is 2. The van der Waals surface area contributed by atoms with Gasteiger partial charge in [0.15, 0.2) is 5.82 Å². The minimum Gasteiger partial charge on any atom is -0.307 e. The number of aryl methyl sites for hydroxylation is 1. The summed E-state index contributed by atoms with van der Waals surface area (Å²) in [5.41, 5.74) is 2.71. The van der Waals surface area contributed by atoms with Crippen LogP contribution >= 0.6 is 11.6 Å². The Kier molecular flexibility index (Phi) is 3.33. The fourth-order valence-corrected chi connectivity index (χ4v) is 2.21. The third-order valence-corrected chi connectivity index (χ3v) is 3.99. The average Bonchev–Trinajstić information content (AvgIpc) is 2.99. The lowest BCUT2D eigenvalue weighted by molar-refractivity contribution is 0.262. The van der Waals surface area contributed by atoms with Gasteiger partial charge < -0.3 is 5.32 Å². The molecular weight excluding hydrogens is 290 g/mol. The topological polar surface area (TPSA) is 82.7 Å². The summed E-state index contributed by atoms with van der Waals surface area (Å²) in [6.45, 7) is 4.02. The molecule has 1 aliphatic rings. The zero-order valence-electron chi connectivity index (χ0n) is 11.8. The number of carbonyl (C=O) groups is 1. The van der Waals surface area contributed by atoms with E-state index in [-0.39, 0.29) is 11.4 Å². The molecule has 1 aliphatic carbocycles. The van der Waals surface area contributed by atoms with Crippen molar-refractivity contribution < 1.29 is 4.79 Å². The zero-order chi connectivity index (χ0) is 15.0. The van der Waals surface area contributed by atoms with Gasteiger partial charge >= 0.3 is 6.03 Å². The molecule has 6 nitrogen and oxygen atoms in total. The Morgan fingerprint density at radius 2 is 2.14 bits per heavy atom. The van der Waals surface area contributed by atoms with Crippen LogP contribution < -0.4 is 10.6 Å². The van der Waals surface area contributed by atoms with Crippen molar-refractivity contribution in [2.45, 2.75) is 32.1 Å². The van der Waals surface area contributed by atoms with E-state index in [4.69, 9.17) is 11.6 Å². The summed E-state index contributed by atoms with van der Waals surface area (Å²) in [7, 11) is 0. The maximum absolute atomic E-state index is 12.0. The van der Waals surface area contributed by atoms with Gasteiger partial charge in [0.25, 0.3) is 0 Å². The number of hydrogen-bond acceptors (Lipinski definition) is 3. The van der Waals surface area contributed by atoms with Gasteiger partial charge in [0.2, 0.25) is 0 Å². The number of nitrogens with one attached hydrogen (secondary N) is 3. The average molecular weight is 306 g/mol. The maximum Gasteiger partial charge on any atom is 0.324 e. The van der Waals surface area contributed by atoms with E-state index in [1.165, 1.54) is 0 Å². The van der Waals surface area contributed by atoms with Gasteiger partial charge in [-0.2, -0.15) is 5.10 Å². The Labute approximate surface area is 127 Å². The number of pyridine rings is 1. The molecule has 3 rings (SSSR count). The molecule has 110 valence electrons. The summed E-state index contributed by atoms with van der Waals surface area (Å²) in [5.74, 6) is 0.508. The van der Waals surface area contributed by atoms with Crippen LogP contribution in [0.25, 0.3) is 0 Å². The molecule has 2 aromatic heterocycles. The summed E-state index contributed by atoms with van der Waals surface area (Å²) >= 11 is 5.82. The van der Waals surface area contributed by atoms with Gasteiger partial charge in [0.1, 0.15) is 5.15 Å². The van der Waals surface area contributed by atoms with Gasteiger partial charge in [-0.1, -0.05) is 18.5 Å². The van der Waals surface area contributed by atoms with E-state index < -0.39 is 0 Å². The largest absolute Gasteiger partial charge is 0.324 e. The molecule has 1 fully saturated rings. The number of anilines is 2. The molecule has 0 saturated heterocycles. The third-order valence-electron chi connectivity index (χ3n) is 3.79. The molecule has 0 aliphatic heterocycles. The van der Waals surface area contributed by atoms with Gasteiger partial charge in [-0.25, -0.2) is 9.78 Å². The van der Waals surface area contributed by atoms with Gasteiger partial charge in [0, 0.05) is 29.1 Å². The number of nitrogens with zero attached hydrogens (tertiary/aromatic N) is 2. The van der Waals surface area contributed by atoms with E-state index in [0.29, 0.717) is 16.7 Å². The smallest absolute Gasteiger partial charge is 0.307 e. The van der Waals surface area contributed by atoms with E-state index in [0.717, 1.165) is 24.1 Å². The standard InChI is InChI=1S/C14H16ClN5O/c1-8-7-16-11(15)5-9(8)17-13(21)18-12-6-10(19-20-12)14(2)3-4-14/h5-7H,3-4H2,1-2H3,(H3,16,17,18,19,20,21). The molecule has 7 heteroatoms. The predicted molar refractivity (Wildman–Crippen MR) is 81.8 cm³/mol. The molecule has 0 atom stereocenters. The SMILES string of the molecule is Cc1cnc(Cl)cc1NC(=O)Nc1cc(C2(C)CC2)[nH]n1. The summed E-state index contributed by atoms with van der Waals surface area (Å²) in [6, 6.07) is 3.12. The quantitative estimate of drug-likeness (QED) is 0.759. The monoisotopic (exact) mass is 305 g/mol. The van der Waals surface area contributed by atoms with Gasteiger partial charge in [0.05, 0.1) is 0 Å². The number of aromatic nitrogens is 3. The number of hydrogen-bond donors (Lipinski definition) is 3. The van der Waals surface area contributed by atoms with Crippen LogP contribution in [0.15, 0.2) is 18.3 Å². The van der Waals surface area contributed by atoms with Crippen molar-refractivity contribution in [1.82, 2.24) is 15.2 Å². The van der Waals surface area contributed by atoms with Crippen LogP contribution in [0.1, 0.15) is 31.0 Å². The Balaban J connectivity index is 1.66. The highest BCUT2D eigenvalue weighted by atomic mass is 35.5. The first-order valence-electron chi connectivity index (χ1n) is 6.72. The van der Waals surface area contributed by atoms with Crippen LogP contribution in [0.2, 0.25) is 5.15 Å². The normalized spacial score (nSPS) is 15.6. The summed E-state index contributed by atoms with van der Waals surface area (Å²) in [6.07, 6.45) is 3.91. The predicted octanol–water partition coefficient (Wildman–Crippen LogP) is 3.46. The fourth-order valence-electron chi connectivity index (χ4n) is 2.05. The molecular formula is C14H16ClN5O. The first-order valence-corrected chi connectivity index (χ1v) is 7.10. The maximum atomic E-state index is 12.0. The Bertz CT molecular complexity index is 692. The minimum atomic E-state index is -0.362. The third kappa shape index (κ3) is 3.00. The van der Waals surface area contributed by atoms with Crippen LogP contribution in [0.3, 0.4) is 0 Å². The fraction of sp³-hybridized carbons (Fsp3) is 0.357. The lowest BCUT2D eigenvalue weighted by atomic mass is 10.1. The van der Waals surface area contributed by atoms with Crippen molar-refractivity contribution >= 4 is 29.1 Å². The Hall–Kier alpha value is -2.08. The van der Waals surface area contributed by atoms with Crippen molar-refractivity contribution in [1.29, 1.82) is 0 Å². The van der Waals surface area contributed by atoms with Crippen LogP contribution in [0.4, 0.5) is 16.3 Å². The minimum absolute atomic E-state index is 0.193. The van der Waals surface area contributed by atoms with Crippen LogP contribution in [-0.4, -0.2) is 21.2 Å². The van der Waals surface area contributed by atoms with Crippen molar-refractivity contribution in [3.63, 3.8) is 0 Å². The summed E-state index contributed by atoms with van der Waals surface area (Å²) < 4.78 is 0. The lowest BCUT2D eigenvalue weighted by Crippen LogP contribution is -2.20. The van der Waals surface area contributed by atoms with E-state index in [1.54, 1.807) is 12.3 Å². The first kappa shape index (κ1) is 13.9. The lowest BCUT2D eigenvalue weighted by Gasteiger charge is -2.08. The molecule has 0 radical (unpaired) electrons. The molecule has 1 saturated carbocycles. The van der Waals surface area contributed by atoms with Crippen LogP contribution in [-0.2, 0) is 5.41 Å². The number of halogens is 1. The molecule has 0 spiro atoms. The molecule has 2 amide bonds. The van der Waals surface area contributed by atoms with Crippen molar-refractivity contribution in [2.75, 3.05) is 10.6 Å². The van der Waals surface area contributed by atoms with E-state index in [9.17, 15) is 4.79 Å². The molecule has 21 heavy (non-hydrogen) atoms. The van der Waals surface area contributed by atoms with E-state index >= 15 is 0 Å². The van der Waals surface area contributed by atoms with Crippen LogP contribution in [0.5, 0.6) is 0 Å². The highest BCUT2D eigenvalue weighted by Crippen LogP contribution is 2.47. The number of carbonyl (C=O) groups excluding carboxylic acids is 1. The van der Waals surface area contributed by atoms with Crippen molar-refractivity contribution in [3.05, 3.63) is 34.7 Å². The summed E-state index contributed by atoms with van der Waals surface area (Å²) in [4.78, 5) is 15.9. The highest BCUT2D eigenvalue weighted by Gasteiger charge is 2.40. The Morgan fingerprint density at radius 1 is 1.38 bits per heavy atom.